The summed E-state index contributed by atoms with van der Waals surface area (Å²) in [5, 5.41) is 9.45. The third-order valence-corrected chi connectivity index (χ3v) is 4.95. The zero-order valence-electron chi connectivity index (χ0n) is 10.9. The van der Waals surface area contributed by atoms with Crippen molar-refractivity contribution in [3.8, 4) is 6.07 Å². The van der Waals surface area contributed by atoms with E-state index in [0.717, 1.165) is 17.9 Å². The average molecular weight is 261 g/mol. The number of nitrogens with zero attached hydrogens (tertiary/aromatic N) is 2. The van der Waals surface area contributed by atoms with Crippen molar-refractivity contribution >= 4 is 23.1 Å². The fourth-order valence-electron chi connectivity index (χ4n) is 2.31. The lowest BCUT2D eigenvalue weighted by Gasteiger charge is -2.39. The lowest BCUT2D eigenvalue weighted by Crippen LogP contribution is -2.44. The van der Waals surface area contributed by atoms with Gasteiger partial charge in [0.15, 0.2) is 0 Å². The molecule has 0 radical (unpaired) electrons. The van der Waals surface area contributed by atoms with Crippen LogP contribution in [0, 0.1) is 11.3 Å². The first-order valence-electron chi connectivity index (χ1n) is 6.27. The smallest absolute Gasteiger partial charge is 0.0670 e. The third kappa shape index (κ3) is 2.56. The minimum absolute atomic E-state index is 0.381. The van der Waals surface area contributed by atoms with E-state index in [9.17, 15) is 0 Å². The molecule has 0 spiro atoms. The molecule has 1 aliphatic rings. The predicted octanol–water partition coefficient (Wildman–Crippen LogP) is 2.67. The van der Waals surface area contributed by atoms with Gasteiger partial charge in [-0.15, -0.1) is 0 Å². The maximum absolute atomic E-state index is 8.82. The van der Waals surface area contributed by atoms with Crippen LogP contribution in [0.1, 0.15) is 19.4 Å². The van der Waals surface area contributed by atoms with Gasteiger partial charge in [0.25, 0.3) is 0 Å². The van der Waals surface area contributed by atoms with Gasteiger partial charge in [-0.2, -0.15) is 17.0 Å². The van der Waals surface area contributed by atoms with Crippen LogP contribution in [-0.4, -0.2) is 23.6 Å². The Morgan fingerprint density at radius 2 is 2.28 bits per heavy atom. The van der Waals surface area contributed by atoms with Crippen molar-refractivity contribution in [2.75, 3.05) is 22.9 Å². The van der Waals surface area contributed by atoms with E-state index in [2.05, 4.69) is 36.9 Å². The molecule has 2 N–H and O–H groups in total. The van der Waals surface area contributed by atoms with Gasteiger partial charge in [-0.1, -0.05) is 6.92 Å². The molecule has 2 atom stereocenters. The van der Waals surface area contributed by atoms with Gasteiger partial charge in [-0.05, 0) is 30.7 Å². The summed E-state index contributed by atoms with van der Waals surface area (Å²) in [6.45, 7) is 5.60. The van der Waals surface area contributed by atoms with Crippen molar-refractivity contribution in [1.29, 1.82) is 5.26 Å². The predicted molar refractivity (Wildman–Crippen MR) is 78.9 cm³/mol. The molecule has 2 rings (SSSR count). The van der Waals surface area contributed by atoms with Crippen molar-refractivity contribution in [2.45, 2.75) is 31.6 Å². The number of benzene rings is 1. The number of hydrogen-bond donors (Lipinski definition) is 1. The first-order valence-corrected chi connectivity index (χ1v) is 7.32. The van der Waals surface area contributed by atoms with E-state index in [4.69, 9.17) is 11.0 Å². The van der Waals surface area contributed by atoms with Gasteiger partial charge in [0.1, 0.15) is 0 Å². The maximum atomic E-state index is 8.82. The lowest BCUT2D eigenvalue weighted by atomic mass is 10.1. The third-order valence-electron chi connectivity index (χ3n) is 3.61. The monoisotopic (exact) mass is 261 g/mol. The molecule has 3 nitrogen and oxygen atoms in total. The Morgan fingerprint density at radius 3 is 3.00 bits per heavy atom. The highest BCUT2D eigenvalue weighted by Crippen LogP contribution is 2.30. The molecule has 0 aliphatic carbocycles. The Labute approximate surface area is 113 Å². The molecule has 1 saturated heterocycles. The van der Waals surface area contributed by atoms with Crippen LogP contribution < -0.4 is 10.6 Å². The number of anilines is 2. The van der Waals surface area contributed by atoms with Crippen LogP contribution in [0.2, 0.25) is 0 Å². The zero-order chi connectivity index (χ0) is 13.1. The summed E-state index contributed by atoms with van der Waals surface area (Å²) in [5.74, 6) is 1.16. The molecular formula is C14H19N3S. The molecule has 0 amide bonds. The van der Waals surface area contributed by atoms with Gasteiger partial charge in [0.2, 0.25) is 0 Å². The first kappa shape index (κ1) is 13.1. The van der Waals surface area contributed by atoms with E-state index in [1.807, 2.05) is 17.8 Å². The highest BCUT2D eigenvalue weighted by atomic mass is 32.2. The molecule has 1 fully saturated rings. The molecule has 2 unspecified atom stereocenters. The Balaban J connectivity index is 2.27. The van der Waals surface area contributed by atoms with Gasteiger partial charge in [0, 0.05) is 35.0 Å². The van der Waals surface area contributed by atoms with Crippen LogP contribution in [0.5, 0.6) is 0 Å². The minimum Gasteiger partial charge on any atom is -0.398 e. The van der Waals surface area contributed by atoms with E-state index in [-0.39, 0.29) is 0 Å². The summed E-state index contributed by atoms with van der Waals surface area (Å²) in [5.41, 5.74) is 8.74. The fraction of sp³-hybridized carbons (Fsp3) is 0.500. The average Bonchev–Trinajstić information content (AvgIpc) is 2.36. The normalized spacial score (nSPS) is 23.7. The first-order chi connectivity index (χ1) is 8.63. The van der Waals surface area contributed by atoms with Crippen LogP contribution in [0.25, 0.3) is 0 Å². The Kier molecular flexibility index (Phi) is 4.03. The molecule has 1 aromatic rings. The van der Waals surface area contributed by atoms with Gasteiger partial charge >= 0.3 is 0 Å². The molecular weight excluding hydrogens is 242 g/mol. The van der Waals surface area contributed by atoms with Crippen LogP contribution in [0.4, 0.5) is 11.4 Å². The molecule has 1 aliphatic heterocycles. The van der Waals surface area contributed by atoms with Crippen molar-refractivity contribution in [2.24, 2.45) is 0 Å². The number of nitrogens with two attached hydrogens (primary N) is 1. The van der Waals surface area contributed by atoms with Crippen molar-refractivity contribution in [3.05, 3.63) is 23.8 Å². The summed E-state index contributed by atoms with van der Waals surface area (Å²) in [7, 11) is 0. The molecule has 1 aromatic carbocycles. The van der Waals surface area contributed by atoms with Gasteiger partial charge in [-0.3, -0.25) is 0 Å². The lowest BCUT2D eigenvalue weighted by molar-refractivity contribution is 0.627. The number of rotatable bonds is 2. The quantitative estimate of drug-likeness (QED) is 0.832. The second kappa shape index (κ2) is 5.53. The highest BCUT2D eigenvalue weighted by Gasteiger charge is 2.25. The van der Waals surface area contributed by atoms with E-state index >= 15 is 0 Å². The summed E-state index contributed by atoms with van der Waals surface area (Å²) >= 11 is 2.02. The van der Waals surface area contributed by atoms with Crippen molar-refractivity contribution < 1.29 is 0 Å². The summed E-state index contributed by atoms with van der Waals surface area (Å²) in [6, 6.07) is 8.74. The second-order valence-corrected chi connectivity index (χ2v) is 6.21. The molecule has 1 heterocycles. The molecule has 18 heavy (non-hydrogen) atoms. The van der Waals surface area contributed by atoms with Gasteiger partial charge in [0.05, 0.1) is 12.5 Å². The van der Waals surface area contributed by atoms with E-state index < -0.39 is 0 Å². The van der Waals surface area contributed by atoms with Crippen LogP contribution in [-0.2, 0) is 6.42 Å². The van der Waals surface area contributed by atoms with Gasteiger partial charge < -0.3 is 10.6 Å². The molecule has 4 heteroatoms. The summed E-state index contributed by atoms with van der Waals surface area (Å²) in [6.07, 6.45) is 0.381. The SMILES string of the molecule is CC1SCCN(c2ccc(N)c(CC#N)c2)C1C. The van der Waals surface area contributed by atoms with Crippen molar-refractivity contribution in [1.82, 2.24) is 0 Å². The maximum Gasteiger partial charge on any atom is 0.0670 e. The molecule has 96 valence electrons. The second-order valence-electron chi connectivity index (χ2n) is 4.73. The van der Waals surface area contributed by atoms with Crippen LogP contribution in [0.3, 0.4) is 0 Å². The summed E-state index contributed by atoms with van der Waals surface area (Å²) < 4.78 is 0. The van der Waals surface area contributed by atoms with Crippen LogP contribution in [0.15, 0.2) is 18.2 Å². The molecule has 0 bridgehead atoms. The number of nitrogen functional groups attached to an aromatic ring is 1. The Hall–Kier alpha value is -1.34. The van der Waals surface area contributed by atoms with Crippen LogP contribution >= 0.6 is 11.8 Å². The zero-order valence-corrected chi connectivity index (χ0v) is 11.7. The van der Waals surface area contributed by atoms with Crippen molar-refractivity contribution in [3.63, 3.8) is 0 Å². The fourth-order valence-corrected chi connectivity index (χ4v) is 3.41. The standard InChI is InChI=1S/C14H19N3S/c1-10-11(2)18-8-7-17(10)13-3-4-14(16)12(9-13)5-6-15/h3-4,9-11H,5,7-8,16H2,1-2H3. The minimum atomic E-state index is 0.381. The molecule has 0 saturated carbocycles. The number of hydrogen-bond acceptors (Lipinski definition) is 4. The summed E-state index contributed by atoms with van der Waals surface area (Å²) in [4.78, 5) is 2.42. The van der Waals surface area contributed by atoms with E-state index in [1.165, 1.54) is 5.69 Å². The number of thioether (sulfide) groups is 1. The Bertz CT molecular complexity index is 467. The highest BCUT2D eigenvalue weighted by molar-refractivity contribution is 8.00. The largest absolute Gasteiger partial charge is 0.398 e. The van der Waals surface area contributed by atoms with E-state index in [0.29, 0.717) is 23.4 Å². The topological polar surface area (TPSA) is 53.0 Å². The number of nitriles is 1. The molecule has 0 aromatic heterocycles. The van der Waals surface area contributed by atoms with Gasteiger partial charge in [-0.25, -0.2) is 0 Å². The Morgan fingerprint density at radius 1 is 1.50 bits per heavy atom. The van der Waals surface area contributed by atoms with E-state index in [1.54, 1.807) is 0 Å².